The van der Waals surface area contributed by atoms with E-state index in [0.29, 0.717) is 42.2 Å². The van der Waals surface area contributed by atoms with Crippen LogP contribution in [0.15, 0.2) is 29.1 Å². The molecule has 0 unspecified atom stereocenters. The number of para-hydroxylation sites is 1. The number of anilines is 1. The molecular weight excluding hydrogens is 286 g/mol. The first kappa shape index (κ1) is 14.1. The van der Waals surface area contributed by atoms with Crippen molar-refractivity contribution in [2.24, 2.45) is 0 Å². The van der Waals surface area contributed by atoms with Crippen LogP contribution in [-0.4, -0.2) is 34.8 Å². The van der Waals surface area contributed by atoms with Gasteiger partial charge in [0.15, 0.2) is 0 Å². The van der Waals surface area contributed by atoms with Crippen molar-refractivity contribution in [3.05, 3.63) is 40.3 Å². The summed E-state index contributed by atoms with van der Waals surface area (Å²) in [5.74, 6) is 0.977. The van der Waals surface area contributed by atoms with Gasteiger partial charge in [0, 0.05) is 6.54 Å². The molecule has 7 nitrogen and oxygen atoms in total. The number of ether oxygens (including phenoxy) is 1. The normalized spacial score (nSPS) is 13.6. The van der Waals surface area contributed by atoms with E-state index < -0.39 is 11.7 Å². The Hall–Kier alpha value is -2.83. The SMILES string of the molecule is COc1ccccc1-c1nc2c(c(=O)[nH]1)N(C(=O)O)CCC2. The van der Waals surface area contributed by atoms with Crippen molar-refractivity contribution < 1.29 is 14.6 Å². The first-order chi connectivity index (χ1) is 10.6. The Labute approximate surface area is 126 Å². The number of hydrogen-bond donors (Lipinski definition) is 2. The zero-order valence-electron chi connectivity index (χ0n) is 12.0. The zero-order chi connectivity index (χ0) is 15.7. The van der Waals surface area contributed by atoms with Gasteiger partial charge in [0.05, 0.1) is 18.4 Å². The quantitative estimate of drug-likeness (QED) is 0.883. The second-order valence-corrected chi connectivity index (χ2v) is 4.95. The number of nitrogens with one attached hydrogen (secondary N) is 1. The van der Waals surface area contributed by atoms with E-state index in [4.69, 9.17) is 4.74 Å². The van der Waals surface area contributed by atoms with E-state index in [9.17, 15) is 14.7 Å². The number of aromatic nitrogens is 2. The predicted octanol–water partition coefficient (Wildman–Crippen LogP) is 1.88. The lowest BCUT2D eigenvalue weighted by atomic mass is 10.1. The number of nitrogens with zero attached hydrogens (tertiary/aromatic N) is 2. The monoisotopic (exact) mass is 301 g/mol. The van der Waals surface area contributed by atoms with Gasteiger partial charge in [0.25, 0.3) is 5.56 Å². The Kier molecular flexibility index (Phi) is 3.54. The Morgan fingerprint density at radius 3 is 2.91 bits per heavy atom. The molecule has 7 heteroatoms. The fraction of sp³-hybridized carbons (Fsp3) is 0.267. The van der Waals surface area contributed by atoms with E-state index in [2.05, 4.69) is 9.97 Å². The number of carboxylic acid groups (broad SMARTS) is 1. The standard InChI is InChI=1S/C15H15N3O4/c1-22-11-7-3-2-5-9(11)13-16-10-6-4-8-18(15(20)21)12(10)14(19)17-13/h2-3,5,7H,4,6,8H2,1H3,(H,20,21)(H,16,17,19). The summed E-state index contributed by atoms with van der Waals surface area (Å²) in [6, 6.07) is 7.21. The van der Waals surface area contributed by atoms with E-state index in [-0.39, 0.29) is 5.69 Å². The Morgan fingerprint density at radius 2 is 2.18 bits per heavy atom. The number of methoxy groups -OCH3 is 1. The van der Waals surface area contributed by atoms with Gasteiger partial charge in [-0.2, -0.15) is 0 Å². The van der Waals surface area contributed by atoms with Crippen LogP contribution in [0, 0.1) is 0 Å². The lowest BCUT2D eigenvalue weighted by Gasteiger charge is -2.25. The molecule has 0 saturated carbocycles. The maximum Gasteiger partial charge on any atom is 0.412 e. The second kappa shape index (κ2) is 5.51. The number of hydrogen-bond acceptors (Lipinski definition) is 4. The summed E-state index contributed by atoms with van der Waals surface area (Å²) < 4.78 is 5.28. The van der Waals surface area contributed by atoms with Crippen molar-refractivity contribution in [2.75, 3.05) is 18.6 Å². The van der Waals surface area contributed by atoms with Crippen LogP contribution in [0.25, 0.3) is 11.4 Å². The molecule has 0 fully saturated rings. The Balaban J connectivity index is 2.16. The van der Waals surface area contributed by atoms with Crippen LogP contribution in [0.4, 0.5) is 10.5 Å². The van der Waals surface area contributed by atoms with E-state index in [1.54, 1.807) is 19.2 Å². The fourth-order valence-electron chi connectivity index (χ4n) is 2.64. The highest BCUT2D eigenvalue weighted by molar-refractivity contribution is 5.87. The minimum absolute atomic E-state index is 0.123. The highest BCUT2D eigenvalue weighted by Gasteiger charge is 2.27. The molecule has 0 bridgehead atoms. The topological polar surface area (TPSA) is 95.5 Å². The van der Waals surface area contributed by atoms with Gasteiger partial charge < -0.3 is 14.8 Å². The number of benzene rings is 1. The van der Waals surface area contributed by atoms with Crippen molar-refractivity contribution in [3.8, 4) is 17.1 Å². The van der Waals surface area contributed by atoms with Gasteiger partial charge in [0.2, 0.25) is 0 Å². The molecule has 1 aromatic heterocycles. The van der Waals surface area contributed by atoms with Gasteiger partial charge >= 0.3 is 6.09 Å². The lowest BCUT2D eigenvalue weighted by Crippen LogP contribution is -2.39. The largest absolute Gasteiger partial charge is 0.496 e. The molecule has 3 rings (SSSR count). The van der Waals surface area contributed by atoms with Crippen LogP contribution >= 0.6 is 0 Å². The van der Waals surface area contributed by atoms with Crippen molar-refractivity contribution in [1.29, 1.82) is 0 Å². The van der Waals surface area contributed by atoms with Crippen molar-refractivity contribution >= 4 is 11.8 Å². The van der Waals surface area contributed by atoms with Crippen LogP contribution in [-0.2, 0) is 6.42 Å². The van der Waals surface area contributed by atoms with Crippen LogP contribution in [0.2, 0.25) is 0 Å². The molecule has 2 N–H and O–H groups in total. The molecule has 0 spiro atoms. The maximum absolute atomic E-state index is 12.3. The number of rotatable bonds is 2. The molecule has 2 aromatic rings. The first-order valence-corrected chi connectivity index (χ1v) is 6.89. The molecule has 22 heavy (non-hydrogen) atoms. The summed E-state index contributed by atoms with van der Waals surface area (Å²) >= 11 is 0. The summed E-state index contributed by atoms with van der Waals surface area (Å²) in [5.41, 5.74) is 0.834. The van der Waals surface area contributed by atoms with E-state index in [1.807, 2.05) is 12.1 Å². The second-order valence-electron chi connectivity index (χ2n) is 4.95. The zero-order valence-corrected chi connectivity index (χ0v) is 12.0. The molecule has 0 saturated heterocycles. The molecule has 1 aliphatic heterocycles. The minimum atomic E-state index is -1.14. The van der Waals surface area contributed by atoms with E-state index in [0.717, 1.165) is 4.90 Å². The Bertz CT molecular complexity index is 785. The summed E-state index contributed by atoms with van der Waals surface area (Å²) in [6.45, 7) is 0.307. The highest BCUT2D eigenvalue weighted by atomic mass is 16.5. The predicted molar refractivity (Wildman–Crippen MR) is 80.5 cm³/mol. The third-order valence-corrected chi connectivity index (χ3v) is 3.63. The van der Waals surface area contributed by atoms with Gasteiger partial charge in [-0.1, -0.05) is 12.1 Å². The molecule has 1 amide bonds. The molecule has 0 radical (unpaired) electrons. The van der Waals surface area contributed by atoms with Crippen LogP contribution in [0.3, 0.4) is 0 Å². The molecule has 1 aliphatic rings. The van der Waals surface area contributed by atoms with E-state index >= 15 is 0 Å². The van der Waals surface area contributed by atoms with Crippen LogP contribution in [0.5, 0.6) is 5.75 Å². The van der Waals surface area contributed by atoms with E-state index in [1.165, 1.54) is 0 Å². The molecule has 2 heterocycles. The smallest absolute Gasteiger partial charge is 0.412 e. The van der Waals surface area contributed by atoms with Gasteiger partial charge in [-0.25, -0.2) is 9.78 Å². The number of H-pyrrole nitrogens is 1. The average molecular weight is 301 g/mol. The number of fused-ring (bicyclic) bond motifs is 1. The number of aryl methyl sites for hydroxylation is 1. The highest BCUT2D eigenvalue weighted by Crippen LogP contribution is 2.29. The summed E-state index contributed by atoms with van der Waals surface area (Å²) in [5, 5.41) is 9.20. The maximum atomic E-state index is 12.3. The van der Waals surface area contributed by atoms with Gasteiger partial charge in [-0.15, -0.1) is 0 Å². The average Bonchev–Trinajstić information content (AvgIpc) is 2.54. The number of aromatic amines is 1. The Morgan fingerprint density at radius 1 is 1.41 bits per heavy atom. The fourth-order valence-corrected chi connectivity index (χ4v) is 2.64. The molecule has 114 valence electrons. The van der Waals surface area contributed by atoms with Crippen molar-refractivity contribution in [1.82, 2.24) is 9.97 Å². The summed E-state index contributed by atoms with van der Waals surface area (Å²) in [6.07, 6.45) is 0.0741. The molecule has 1 aromatic carbocycles. The molecule has 0 aliphatic carbocycles. The van der Waals surface area contributed by atoms with Crippen LogP contribution < -0.4 is 15.2 Å². The first-order valence-electron chi connectivity index (χ1n) is 6.89. The third-order valence-electron chi connectivity index (χ3n) is 3.63. The van der Waals surface area contributed by atoms with Crippen molar-refractivity contribution in [2.45, 2.75) is 12.8 Å². The van der Waals surface area contributed by atoms with Gasteiger partial charge in [-0.05, 0) is 25.0 Å². The minimum Gasteiger partial charge on any atom is -0.496 e. The number of carbonyl (C=O) groups is 1. The summed E-state index contributed by atoms with van der Waals surface area (Å²) in [7, 11) is 1.54. The van der Waals surface area contributed by atoms with Crippen molar-refractivity contribution in [3.63, 3.8) is 0 Å². The third kappa shape index (κ3) is 2.30. The summed E-state index contributed by atoms with van der Waals surface area (Å²) in [4.78, 5) is 31.7. The lowest BCUT2D eigenvalue weighted by molar-refractivity contribution is 0.201. The van der Waals surface area contributed by atoms with Gasteiger partial charge in [0.1, 0.15) is 17.3 Å². The van der Waals surface area contributed by atoms with Gasteiger partial charge in [-0.3, -0.25) is 9.69 Å². The molecular formula is C15H15N3O4. The van der Waals surface area contributed by atoms with Crippen LogP contribution in [0.1, 0.15) is 12.1 Å². The number of amides is 1. The molecule has 0 atom stereocenters.